The summed E-state index contributed by atoms with van der Waals surface area (Å²) in [5.41, 5.74) is 6.13. The third-order valence-corrected chi connectivity index (χ3v) is 2.43. The molecule has 0 saturated carbocycles. The van der Waals surface area contributed by atoms with Crippen LogP contribution in [-0.4, -0.2) is 29.7 Å². The summed E-state index contributed by atoms with van der Waals surface area (Å²) in [5.74, 6) is 0.435. The fraction of sp³-hybridized carbons (Fsp3) is 0.545. The fourth-order valence-electron chi connectivity index (χ4n) is 1.29. The number of hydrogen-bond acceptors (Lipinski definition) is 4. The SMILES string of the molecule is CCc1occc1C(=O)NCC(N)C(C)O. The van der Waals surface area contributed by atoms with Gasteiger partial charge in [0.25, 0.3) is 5.91 Å². The predicted molar refractivity (Wildman–Crippen MR) is 60.1 cm³/mol. The van der Waals surface area contributed by atoms with Crippen LogP contribution < -0.4 is 11.1 Å². The summed E-state index contributed by atoms with van der Waals surface area (Å²) in [6.45, 7) is 3.74. The summed E-state index contributed by atoms with van der Waals surface area (Å²) < 4.78 is 5.15. The molecule has 0 aromatic carbocycles. The van der Waals surface area contributed by atoms with Gasteiger partial charge in [-0.25, -0.2) is 0 Å². The zero-order chi connectivity index (χ0) is 12.1. The molecule has 2 unspecified atom stereocenters. The molecule has 1 amide bonds. The Morgan fingerprint density at radius 2 is 2.38 bits per heavy atom. The van der Waals surface area contributed by atoms with Crippen LogP contribution in [-0.2, 0) is 6.42 Å². The Kier molecular flexibility index (Phi) is 4.52. The minimum absolute atomic E-state index is 0.221. The summed E-state index contributed by atoms with van der Waals surface area (Å²) in [4.78, 5) is 11.7. The molecule has 4 N–H and O–H groups in total. The van der Waals surface area contributed by atoms with Gasteiger partial charge in [-0.3, -0.25) is 4.79 Å². The lowest BCUT2D eigenvalue weighted by molar-refractivity contribution is 0.0935. The second kappa shape index (κ2) is 5.67. The summed E-state index contributed by atoms with van der Waals surface area (Å²) >= 11 is 0. The van der Waals surface area contributed by atoms with E-state index in [2.05, 4.69) is 5.32 Å². The van der Waals surface area contributed by atoms with E-state index in [9.17, 15) is 9.90 Å². The second-order valence-electron chi connectivity index (χ2n) is 3.73. The minimum atomic E-state index is -0.643. The number of aliphatic hydroxyl groups excluding tert-OH is 1. The molecule has 2 atom stereocenters. The van der Waals surface area contributed by atoms with Crippen molar-refractivity contribution in [1.29, 1.82) is 0 Å². The Hall–Kier alpha value is -1.33. The van der Waals surface area contributed by atoms with Crippen LogP contribution in [0.5, 0.6) is 0 Å². The quantitative estimate of drug-likeness (QED) is 0.673. The van der Waals surface area contributed by atoms with Gasteiger partial charge in [0.15, 0.2) is 0 Å². The molecule has 0 radical (unpaired) electrons. The van der Waals surface area contributed by atoms with Crippen molar-refractivity contribution in [1.82, 2.24) is 5.32 Å². The van der Waals surface area contributed by atoms with Gasteiger partial charge in [0.1, 0.15) is 5.76 Å². The first kappa shape index (κ1) is 12.7. The van der Waals surface area contributed by atoms with Crippen LogP contribution >= 0.6 is 0 Å². The maximum absolute atomic E-state index is 11.7. The van der Waals surface area contributed by atoms with E-state index in [-0.39, 0.29) is 12.5 Å². The molecule has 0 aliphatic carbocycles. The van der Waals surface area contributed by atoms with Crippen molar-refractivity contribution < 1.29 is 14.3 Å². The molecule has 0 aliphatic rings. The number of nitrogens with two attached hydrogens (primary N) is 1. The van der Waals surface area contributed by atoms with Gasteiger partial charge in [-0.05, 0) is 13.0 Å². The number of rotatable bonds is 5. The van der Waals surface area contributed by atoms with Gasteiger partial charge in [0, 0.05) is 19.0 Å². The third-order valence-electron chi connectivity index (χ3n) is 2.43. The van der Waals surface area contributed by atoms with Gasteiger partial charge in [0.05, 0.1) is 17.9 Å². The highest BCUT2D eigenvalue weighted by Crippen LogP contribution is 2.10. The zero-order valence-electron chi connectivity index (χ0n) is 9.56. The molecule has 5 heteroatoms. The lowest BCUT2D eigenvalue weighted by atomic mass is 10.1. The molecule has 0 aliphatic heterocycles. The highest BCUT2D eigenvalue weighted by atomic mass is 16.3. The van der Waals surface area contributed by atoms with Gasteiger partial charge in [-0.2, -0.15) is 0 Å². The van der Waals surface area contributed by atoms with Crippen LogP contribution in [0.3, 0.4) is 0 Å². The molecule has 0 spiro atoms. The summed E-state index contributed by atoms with van der Waals surface area (Å²) in [6, 6.07) is 1.17. The van der Waals surface area contributed by atoms with E-state index < -0.39 is 12.1 Å². The van der Waals surface area contributed by atoms with E-state index in [1.54, 1.807) is 13.0 Å². The van der Waals surface area contributed by atoms with Crippen LogP contribution in [0.25, 0.3) is 0 Å². The first-order chi connectivity index (χ1) is 7.56. The monoisotopic (exact) mass is 226 g/mol. The Morgan fingerprint density at radius 1 is 1.69 bits per heavy atom. The van der Waals surface area contributed by atoms with Gasteiger partial charge in [0.2, 0.25) is 0 Å². The maximum atomic E-state index is 11.7. The standard InChI is InChI=1S/C11H18N2O3/c1-3-10-8(4-5-16-10)11(15)13-6-9(12)7(2)14/h4-5,7,9,14H,3,6,12H2,1-2H3,(H,13,15). The second-order valence-corrected chi connectivity index (χ2v) is 3.73. The van der Waals surface area contributed by atoms with Crippen LogP contribution in [0.1, 0.15) is 30.0 Å². The minimum Gasteiger partial charge on any atom is -0.469 e. The number of hydrogen-bond donors (Lipinski definition) is 3. The van der Waals surface area contributed by atoms with Crippen LogP contribution in [0.15, 0.2) is 16.7 Å². The van der Waals surface area contributed by atoms with Crippen molar-refractivity contribution in [3.63, 3.8) is 0 Å². The lowest BCUT2D eigenvalue weighted by Gasteiger charge is -2.15. The lowest BCUT2D eigenvalue weighted by Crippen LogP contribution is -2.43. The summed E-state index contributed by atoms with van der Waals surface area (Å²) in [5, 5.41) is 11.8. The van der Waals surface area contributed by atoms with Gasteiger partial charge < -0.3 is 20.6 Å². The number of aliphatic hydroxyl groups is 1. The number of aryl methyl sites for hydroxylation is 1. The van der Waals surface area contributed by atoms with Crippen molar-refractivity contribution in [2.24, 2.45) is 5.73 Å². The van der Waals surface area contributed by atoms with Crippen molar-refractivity contribution in [2.75, 3.05) is 6.54 Å². The highest BCUT2D eigenvalue weighted by Gasteiger charge is 2.15. The van der Waals surface area contributed by atoms with E-state index in [1.807, 2.05) is 6.92 Å². The number of nitrogens with one attached hydrogen (secondary N) is 1. The van der Waals surface area contributed by atoms with Crippen molar-refractivity contribution in [2.45, 2.75) is 32.4 Å². The molecular weight excluding hydrogens is 208 g/mol. The Morgan fingerprint density at radius 3 is 2.94 bits per heavy atom. The van der Waals surface area contributed by atoms with Crippen LogP contribution in [0, 0.1) is 0 Å². The number of furan rings is 1. The number of carbonyl (C=O) groups is 1. The molecule has 5 nitrogen and oxygen atoms in total. The van der Waals surface area contributed by atoms with Crippen LogP contribution in [0.2, 0.25) is 0 Å². The van der Waals surface area contributed by atoms with Crippen molar-refractivity contribution in [3.8, 4) is 0 Å². The van der Waals surface area contributed by atoms with Crippen molar-refractivity contribution in [3.05, 3.63) is 23.7 Å². The molecule has 1 aromatic heterocycles. The largest absolute Gasteiger partial charge is 0.469 e. The summed E-state index contributed by atoms with van der Waals surface area (Å²) in [7, 11) is 0. The smallest absolute Gasteiger partial charge is 0.254 e. The Bertz CT molecular complexity index is 347. The highest BCUT2D eigenvalue weighted by molar-refractivity contribution is 5.95. The first-order valence-corrected chi connectivity index (χ1v) is 5.34. The average Bonchev–Trinajstić information content (AvgIpc) is 2.73. The molecule has 0 saturated heterocycles. The van der Waals surface area contributed by atoms with E-state index >= 15 is 0 Å². The normalized spacial score (nSPS) is 14.5. The fourth-order valence-corrected chi connectivity index (χ4v) is 1.29. The molecule has 1 aromatic rings. The van der Waals surface area contributed by atoms with E-state index in [4.69, 9.17) is 10.2 Å². The predicted octanol–water partition coefficient (Wildman–Crippen LogP) is 0.280. The van der Waals surface area contributed by atoms with Crippen molar-refractivity contribution >= 4 is 5.91 Å². The number of amides is 1. The molecule has 0 fully saturated rings. The maximum Gasteiger partial charge on any atom is 0.254 e. The van der Waals surface area contributed by atoms with Crippen LogP contribution in [0.4, 0.5) is 0 Å². The molecule has 16 heavy (non-hydrogen) atoms. The van der Waals surface area contributed by atoms with Gasteiger partial charge in [-0.1, -0.05) is 6.92 Å². The topological polar surface area (TPSA) is 88.5 Å². The molecule has 0 bridgehead atoms. The summed E-state index contributed by atoms with van der Waals surface area (Å²) in [6.07, 6.45) is 1.51. The molecular formula is C11H18N2O3. The van der Waals surface area contributed by atoms with E-state index in [0.29, 0.717) is 17.7 Å². The molecule has 90 valence electrons. The third kappa shape index (κ3) is 3.08. The van der Waals surface area contributed by atoms with E-state index in [0.717, 1.165) is 0 Å². The molecule has 1 rings (SSSR count). The van der Waals surface area contributed by atoms with E-state index in [1.165, 1.54) is 6.26 Å². The zero-order valence-corrected chi connectivity index (χ0v) is 9.56. The Balaban J connectivity index is 2.53. The molecule has 1 heterocycles. The first-order valence-electron chi connectivity index (χ1n) is 5.34. The Labute approximate surface area is 94.6 Å². The number of carbonyl (C=O) groups excluding carboxylic acids is 1. The van der Waals surface area contributed by atoms with Gasteiger partial charge >= 0.3 is 0 Å². The average molecular weight is 226 g/mol. The van der Waals surface area contributed by atoms with Gasteiger partial charge in [-0.15, -0.1) is 0 Å².